The van der Waals surface area contributed by atoms with Gasteiger partial charge in [-0.1, -0.05) is 53.2 Å². The molecule has 0 radical (unpaired) electrons. The van der Waals surface area contributed by atoms with Crippen molar-refractivity contribution in [2.45, 2.75) is 222 Å². The molecule has 0 aromatic rings. The van der Waals surface area contributed by atoms with Gasteiger partial charge in [-0.3, -0.25) is 9.59 Å². The van der Waals surface area contributed by atoms with Gasteiger partial charge >= 0.3 is 17.9 Å². The minimum Gasteiger partial charge on any atom is -0.479 e. The predicted octanol–water partition coefficient (Wildman–Crippen LogP) is -1.86. The van der Waals surface area contributed by atoms with Gasteiger partial charge in [0.05, 0.1) is 32.0 Å². The molecule has 5 aliphatic carbocycles. The SMILES string of the molecule is COC12C(O)CC3(C)C(=CCC4C5(C)CCC(OC6OC(C(=O)O)C(OC7OC(CO)C(O)C(O)C7O)C(O)C6OC6OC(CO)C(O)C(O)C6O)C(C)(CO)C5CCC43C)C1CC(C)(C)C(OC(C)=O)C2OC(C)=O. The number of carbonyl (C=O) groups is 3. The summed E-state index contributed by atoms with van der Waals surface area (Å²) in [6.07, 6.45) is -27.5. The van der Waals surface area contributed by atoms with Crippen LogP contribution in [-0.2, 0) is 57.0 Å². The number of esters is 2. The first-order chi connectivity index (χ1) is 35.5. The van der Waals surface area contributed by atoms with Crippen molar-refractivity contribution in [3.63, 3.8) is 0 Å². The number of fused-ring (bicyclic) bond motifs is 7. The third-order valence-corrected chi connectivity index (χ3v) is 20.1. The van der Waals surface area contributed by atoms with Crippen molar-refractivity contribution in [1.29, 1.82) is 0 Å². The van der Waals surface area contributed by atoms with Crippen molar-refractivity contribution in [2.75, 3.05) is 26.9 Å². The number of ether oxygens (including phenoxy) is 9. The summed E-state index contributed by atoms with van der Waals surface area (Å²) < 4.78 is 54.2. The number of carboxylic acid groups (broad SMARTS) is 1. The van der Waals surface area contributed by atoms with Gasteiger partial charge in [0.2, 0.25) is 0 Å². The fraction of sp³-hybridized carbons (Fsp3) is 0.904. The highest BCUT2D eigenvalue weighted by atomic mass is 16.8. The van der Waals surface area contributed by atoms with Crippen LogP contribution in [0.4, 0.5) is 0 Å². The monoisotopic (exact) mass is 1090 g/mol. The number of carbonyl (C=O) groups excluding carboxylic acids is 2. The van der Waals surface area contributed by atoms with E-state index in [4.69, 9.17) is 42.6 Å². The summed E-state index contributed by atoms with van der Waals surface area (Å²) in [7, 11) is 1.48. The molecule has 24 heteroatoms. The molecule has 27 unspecified atom stereocenters. The van der Waals surface area contributed by atoms with Crippen LogP contribution in [-0.4, -0.2) is 228 Å². The summed E-state index contributed by atoms with van der Waals surface area (Å²) >= 11 is 0. The quantitative estimate of drug-likeness (QED) is 0.0547. The number of methoxy groups -OCH3 is 1. The second kappa shape index (κ2) is 21.4. The van der Waals surface area contributed by atoms with Gasteiger partial charge in [0.1, 0.15) is 78.8 Å². The molecule has 76 heavy (non-hydrogen) atoms. The van der Waals surface area contributed by atoms with Crippen LogP contribution in [0, 0.1) is 44.8 Å². The largest absolute Gasteiger partial charge is 0.479 e. The summed E-state index contributed by atoms with van der Waals surface area (Å²) in [6, 6.07) is 0. The normalized spacial score (nSPS) is 51.9. The maximum atomic E-state index is 13.1. The third-order valence-electron chi connectivity index (χ3n) is 20.1. The number of hydrogen-bond acceptors (Lipinski definition) is 23. The van der Waals surface area contributed by atoms with Crippen LogP contribution in [0.3, 0.4) is 0 Å². The summed E-state index contributed by atoms with van der Waals surface area (Å²) in [5, 5.41) is 131. The van der Waals surface area contributed by atoms with Gasteiger partial charge in [-0.15, -0.1) is 0 Å². The Balaban J connectivity index is 1.12. The molecule has 24 nitrogen and oxygen atoms in total. The van der Waals surface area contributed by atoms with Crippen molar-refractivity contribution in [1.82, 2.24) is 0 Å². The van der Waals surface area contributed by atoms with Crippen molar-refractivity contribution in [3.05, 3.63) is 11.6 Å². The van der Waals surface area contributed by atoms with E-state index in [0.717, 1.165) is 5.57 Å². The Morgan fingerprint density at radius 3 is 1.71 bits per heavy atom. The van der Waals surface area contributed by atoms with Crippen LogP contribution in [0.1, 0.15) is 100 Å². The summed E-state index contributed by atoms with van der Waals surface area (Å²) in [5.74, 6) is -3.69. The number of aliphatic hydroxyl groups excluding tert-OH is 11. The molecule has 0 amide bonds. The molecule has 0 bridgehead atoms. The first-order valence-electron chi connectivity index (χ1n) is 26.5. The number of hydrogen-bond donors (Lipinski definition) is 12. The standard InChI is InChI=1S/C52H82O24/c1-21(56)69-41-42(70-22(2)57)52(68-9)24(16-47(41,3)4)23-10-11-28-48(5)14-13-30(49(6,20-55)27(48)12-15-50(28,7)51(23,8)17-29(52)58)73-46-39(75-45-36(64)34(62)32(60)26(19-54)72-45)37(65)38(40(76-46)43(66)67)74-44-35(63)33(61)31(59)25(18-53)71-44/h10,24-42,44-46,53-55,58-65H,11-20H2,1-9H3,(H,66,67). The number of carboxylic acids is 1. The second-order valence-electron chi connectivity index (χ2n) is 24.6. The molecule has 0 aromatic carbocycles. The van der Waals surface area contributed by atoms with Crippen LogP contribution in [0.25, 0.3) is 0 Å². The maximum absolute atomic E-state index is 13.1. The van der Waals surface area contributed by atoms with Gasteiger partial charge in [-0.25, -0.2) is 4.79 Å². The van der Waals surface area contributed by atoms with E-state index in [9.17, 15) is 75.7 Å². The fourth-order valence-electron chi connectivity index (χ4n) is 16.0. The Hall–Kier alpha value is -2.57. The van der Waals surface area contributed by atoms with E-state index < -0.39 is 193 Å². The molecule has 0 spiro atoms. The summed E-state index contributed by atoms with van der Waals surface area (Å²) in [5.41, 5.74) is -3.90. The molecule has 3 aliphatic heterocycles. The third kappa shape index (κ3) is 9.28. The van der Waals surface area contributed by atoms with Crippen molar-refractivity contribution in [2.24, 2.45) is 44.8 Å². The minimum atomic E-state index is -2.16. The van der Waals surface area contributed by atoms with E-state index in [1.54, 1.807) is 0 Å². The van der Waals surface area contributed by atoms with E-state index in [-0.39, 0.29) is 24.7 Å². The van der Waals surface area contributed by atoms with Crippen molar-refractivity contribution < 1.29 is 118 Å². The average Bonchev–Trinajstić information content (AvgIpc) is 3.44. The van der Waals surface area contributed by atoms with E-state index in [1.165, 1.54) is 21.0 Å². The molecule has 4 saturated carbocycles. The molecule has 434 valence electrons. The van der Waals surface area contributed by atoms with Gasteiger partial charge < -0.3 is 104 Å². The Labute approximate surface area is 441 Å². The first kappa shape index (κ1) is 59.5. The number of allylic oxidation sites excluding steroid dienone is 1. The second-order valence-corrected chi connectivity index (χ2v) is 24.6. The molecule has 8 rings (SSSR count). The number of aliphatic hydroxyl groups is 11. The van der Waals surface area contributed by atoms with E-state index in [0.29, 0.717) is 32.1 Å². The topological polar surface area (TPSA) is 377 Å². The molecular formula is C52H82O24. The highest BCUT2D eigenvalue weighted by Crippen LogP contribution is 2.75. The van der Waals surface area contributed by atoms with Crippen LogP contribution >= 0.6 is 0 Å². The molecular weight excluding hydrogens is 1010 g/mol. The van der Waals surface area contributed by atoms with Gasteiger partial charge in [0.25, 0.3) is 0 Å². The maximum Gasteiger partial charge on any atom is 0.335 e. The van der Waals surface area contributed by atoms with Crippen LogP contribution < -0.4 is 0 Å². The highest BCUT2D eigenvalue weighted by Gasteiger charge is 2.75. The summed E-state index contributed by atoms with van der Waals surface area (Å²) in [4.78, 5) is 38.5. The summed E-state index contributed by atoms with van der Waals surface area (Å²) in [6.45, 7) is 12.8. The number of rotatable bonds is 13. The molecule has 8 aliphatic rings. The van der Waals surface area contributed by atoms with Crippen LogP contribution in [0.2, 0.25) is 0 Å². The van der Waals surface area contributed by atoms with Crippen LogP contribution in [0.15, 0.2) is 11.6 Å². The lowest BCUT2D eigenvalue weighted by molar-refractivity contribution is -0.392. The van der Waals surface area contributed by atoms with Crippen molar-refractivity contribution in [3.8, 4) is 0 Å². The smallest absolute Gasteiger partial charge is 0.335 e. The average molecular weight is 1090 g/mol. The van der Waals surface area contributed by atoms with E-state index >= 15 is 0 Å². The Morgan fingerprint density at radius 1 is 0.645 bits per heavy atom. The Bertz CT molecular complexity index is 2160. The lowest BCUT2D eigenvalue weighted by atomic mass is 9.33. The molecule has 12 N–H and O–H groups in total. The first-order valence-corrected chi connectivity index (χ1v) is 26.5. The van der Waals surface area contributed by atoms with Gasteiger partial charge in [0.15, 0.2) is 31.1 Å². The molecule has 0 aromatic heterocycles. The fourth-order valence-corrected chi connectivity index (χ4v) is 16.0. The molecule has 27 atom stereocenters. The van der Waals surface area contributed by atoms with Gasteiger partial charge in [-0.05, 0) is 73.0 Å². The van der Waals surface area contributed by atoms with Gasteiger partial charge in [0, 0.05) is 37.7 Å². The lowest BCUT2D eigenvalue weighted by Gasteiger charge is -2.72. The highest BCUT2D eigenvalue weighted by molar-refractivity contribution is 5.73. The van der Waals surface area contributed by atoms with E-state index in [2.05, 4.69) is 26.8 Å². The zero-order chi connectivity index (χ0) is 56.2. The molecule has 7 fully saturated rings. The van der Waals surface area contributed by atoms with Gasteiger partial charge in [-0.2, -0.15) is 0 Å². The zero-order valence-electron chi connectivity index (χ0n) is 44.6. The Kier molecular flexibility index (Phi) is 16.8. The lowest BCUT2D eigenvalue weighted by Crippen LogP contribution is -2.75. The zero-order valence-corrected chi connectivity index (χ0v) is 44.6. The van der Waals surface area contributed by atoms with Crippen LogP contribution in [0.5, 0.6) is 0 Å². The number of aliphatic carboxylic acids is 1. The molecule has 3 saturated heterocycles. The minimum absolute atomic E-state index is 0.0528. The van der Waals surface area contributed by atoms with Crippen molar-refractivity contribution >= 4 is 17.9 Å². The Morgan fingerprint density at radius 2 is 1.20 bits per heavy atom. The predicted molar refractivity (Wildman–Crippen MR) is 255 cm³/mol. The molecule has 3 heterocycles. The van der Waals surface area contributed by atoms with E-state index in [1.807, 2.05) is 20.8 Å².